The third kappa shape index (κ3) is 5.37. The number of aryl methyl sites for hydroxylation is 2. The second kappa shape index (κ2) is 10.4. The van der Waals surface area contributed by atoms with E-state index in [9.17, 15) is 9.59 Å². The van der Waals surface area contributed by atoms with Crippen LogP contribution in [0.5, 0.6) is 0 Å². The van der Waals surface area contributed by atoms with Gasteiger partial charge in [-0.25, -0.2) is 4.98 Å². The van der Waals surface area contributed by atoms with E-state index in [1.807, 2.05) is 36.6 Å². The molecule has 0 spiro atoms. The molecule has 0 aliphatic rings. The lowest BCUT2D eigenvalue weighted by Crippen LogP contribution is -2.20. The van der Waals surface area contributed by atoms with E-state index in [-0.39, 0.29) is 17.2 Å². The smallest absolute Gasteiger partial charge is 0.271 e. The molecule has 1 amide bonds. The van der Waals surface area contributed by atoms with Crippen LogP contribution in [0.2, 0.25) is 0 Å². The van der Waals surface area contributed by atoms with Crippen molar-refractivity contribution < 1.29 is 4.79 Å². The van der Waals surface area contributed by atoms with E-state index in [2.05, 4.69) is 36.5 Å². The fourth-order valence-electron chi connectivity index (χ4n) is 3.55. The molecule has 33 heavy (non-hydrogen) atoms. The summed E-state index contributed by atoms with van der Waals surface area (Å²) in [4.78, 5) is 30.2. The SMILES string of the molecule is CCCCc1ccc(NC(=O)CSc2nc3c(-c4ccc(C)cc4)csc3c(=O)n2C)cc1. The van der Waals surface area contributed by atoms with Crippen molar-refractivity contribution in [2.45, 2.75) is 38.3 Å². The molecule has 4 aromatic rings. The van der Waals surface area contributed by atoms with Gasteiger partial charge in [-0.1, -0.05) is 67.1 Å². The highest BCUT2D eigenvalue weighted by atomic mass is 32.2. The van der Waals surface area contributed by atoms with Gasteiger partial charge in [0.25, 0.3) is 5.56 Å². The van der Waals surface area contributed by atoms with Gasteiger partial charge in [0.05, 0.1) is 11.3 Å². The summed E-state index contributed by atoms with van der Waals surface area (Å²) in [6.45, 7) is 4.22. The zero-order valence-electron chi connectivity index (χ0n) is 19.1. The first-order valence-corrected chi connectivity index (χ1v) is 12.9. The topological polar surface area (TPSA) is 64.0 Å². The minimum atomic E-state index is -0.125. The van der Waals surface area contributed by atoms with E-state index in [1.54, 1.807) is 7.05 Å². The number of unbranched alkanes of at least 4 members (excludes halogenated alkanes) is 1. The lowest BCUT2D eigenvalue weighted by molar-refractivity contribution is -0.113. The maximum Gasteiger partial charge on any atom is 0.271 e. The van der Waals surface area contributed by atoms with E-state index in [1.165, 1.54) is 38.8 Å². The number of aromatic nitrogens is 2. The Bertz CT molecular complexity index is 1320. The van der Waals surface area contributed by atoms with Crippen molar-refractivity contribution in [2.24, 2.45) is 7.05 Å². The van der Waals surface area contributed by atoms with Crippen LogP contribution in [-0.4, -0.2) is 21.2 Å². The molecule has 2 aromatic carbocycles. The average Bonchev–Trinajstić information content (AvgIpc) is 3.24. The number of thiophene rings is 1. The Balaban J connectivity index is 1.49. The van der Waals surface area contributed by atoms with Crippen molar-refractivity contribution in [3.05, 3.63) is 75.4 Å². The Morgan fingerprint density at radius 1 is 1.12 bits per heavy atom. The van der Waals surface area contributed by atoms with Gasteiger partial charge in [0.15, 0.2) is 5.16 Å². The number of hydrogen-bond donors (Lipinski definition) is 1. The van der Waals surface area contributed by atoms with Crippen molar-refractivity contribution in [3.63, 3.8) is 0 Å². The third-order valence-electron chi connectivity index (χ3n) is 5.51. The fraction of sp³-hybridized carbons (Fsp3) is 0.269. The van der Waals surface area contributed by atoms with Crippen LogP contribution in [0.3, 0.4) is 0 Å². The van der Waals surface area contributed by atoms with Crippen molar-refractivity contribution in [2.75, 3.05) is 11.1 Å². The van der Waals surface area contributed by atoms with Crippen LogP contribution < -0.4 is 10.9 Å². The number of anilines is 1. The minimum Gasteiger partial charge on any atom is -0.325 e. The Kier molecular flexibility index (Phi) is 7.30. The van der Waals surface area contributed by atoms with Gasteiger partial charge >= 0.3 is 0 Å². The molecule has 0 unspecified atom stereocenters. The number of nitrogens with one attached hydrogen (secondary N) is 1. The summed E-state index contributed by atoms with van der Waals surface area (Å²) in [5, 5.41) is 5.44. The maximum atomic E-state index is 12.9. The number of carbonyl (C=O) groups is 1. The molecule has 0 bridgehead atoms. The zero-order chi connectivity index (χ0) is 23.4. The van der Waals surface area contributed by atoms with Gasteiger partial charge in [0.2, 0.25) is 5.91 Å². The van der Waals surface area contributed by atoms with Crippen molar-refractivity contribution in [1.29, 1.82) is 0 Å². The number of fused-ring (bicyclic) bond motifs is 1. The summed E-state index contributed by atoms with van der Waals surface area (Å²) in [6, 6.07) is 16.2. The van der Waals surface area contributed by atoms with Crippen LogP contribution in [0.4, 0.5) is 5.69 Å². The summed E-state index contributed by atoms with van der Waals surface area (Å²) in [5.74, 6) is 0.0487. The Hall–Kier alpha value is -2.90. The molecule has 2 aromatic heterocycles. The first-order valence-electron chi connectivity index (χ1n) is 11.0. The highest BCUT2D eigenvalue weighted by Crippen LogP contribution is 2.32. The first-order chi connectivity index (χ1) is 16.0. The normalized spacial score (nSPS) is 11.1. The van der Waals surface area contributed by atoms with Gasteiger partial charge in [-0.2, -0.15) is 0 Å². The molecule has 0 atom stereocenters. The molecule has 4 rings (SSSR count). The Labute approximate surface area is 201 Å². The minimum absolute atomic E-state index is 0.0889. The van der Waals surface area contributed by atoms with Gasteiger partial charge in [0, 0.05) is 23.7 Å². The standard InChI is InChI=1S/C26H27N3O2S2/c1-4-5-6-18-9-13-20(14-10-18)27-22(30)16-33-26-28-23-21(19-11-7-17(2)8-12-19)15-32-24(23)25(31)29(26)3/h7-15H,4-6,16H2,1-3H3,(H,27,30). The van der Waals surface area contributed by atoms with Crippen molar-refractivity contribution in [1.82, 2.24) is 9.55 Å². The van der Waals surface area contributed by atoms with Gasteiger partial charge in [-0.3, -0.25) is 14.2 Å². The second-order valence-electron chi connectivity index (χ2n) is 8.09. The van der Waals surface area contributed by atoms with Crippen LogP contribution in [0.15, 0.2) is 63.9 Å². The molecule has 0 fully saturated rings. The zero-order valence-corrected chi connectivity index (χ0v) is 20.7. The average molecular weight is 478 g/mol. The number of thioether (sulfide) groups is 1. The molecule has 0 saturated heterocycles. The lowest BCUT2D eigenvalue weighted by Gasteiger charge is -2.09. The quantitative estimate of drug-likeness (QED) is 0.248. The van der Waals surface area contributed by atoms with E-state index < -0.39 is 0 Å². The summed E-state index contributed by atoms with van der Waals surface area (Å²) >= 11 is 2.68. The lowest BCUT2D eigenvalue weighted by atomic mass is 10.1. The van der Waals surface area contributed by atoms with Crippen LogP contribution >= 0.6 is 23.1 Å². The van der Waals surface area contributed by atoms with Crippen LogP contribution in [0, 0.1) is 6.92 Å². The van der Waals surface area contributed by atoms with E-state index in [4.69, 9.17) is 4.98 Å². The van der Waals surface area contributed by atoms with Crippen molar-refractivity contribution in [3.8, 4) is 11.1 Å². The van der Waals surface area contributed by atoms with E-state index >= 15 is 0 Å². The molecule has 5 nitrogen and oxygen atoms in total. The molecule has 0 aliphatic carbocycles. The van der Waals surface area contributed by atoms with Gasteiger partial charge in [0.1, 0.15) is 4.70 Å². The fourth-order valence-corrected chi connectivity index (χ4v) is 5.31. The number of carbonyl (C=O) groups excluding carboxylic acids is 1. The Morgan fingerprint density at radius 2 is 1.85 bits per heavy atom. The summed E-state index contributed by atoms with van der Waals surface area (Å²) < 4.78 is 2.16. The van der Waals surface area contributed by atoms with Crippen LogP contribution in [0.1, 0.15) is 30.9 Å². The molecule has 7 heteroatoms. The molecular weight excluding hydrogens is 450 g/mol. The largest absolute Gasteiger partial charge is 0.325 e. The van der Waals surface area contributed by atoms with Gasteiger partial charge in [-0.15, -0.1) is 11.3 Å². The number of rotatable bonds is 8. The predicted octanol–water partition coefficient (Wildman–Crippen LogP) is 6.04. The summed E-state index contributed by atoms with van der Waals surface area (Å²) in [6.07, 6.45) is 3.38. The number of benzene rings is 2. The van der Waals surface area contributed by atoms with E-state index in [0.717, 1.165) is 36.1 Å². The van der Waals surface area contributed by atoms with Gasteiger partial charge in [-0.05, 0) is 43.0 Å². The van der Waals surface area contributed by atoms with E-state index in [0.29, 0.717) is 15.4 Å². The molecule has 2 heterocycles. The number of amides is 1. The summed E-state index contributed by atoms with van der Waals surface area (Å²) in [7, 11) is 1.70. The highest BCUT2D eigenvalue weighted by Gasteiger charge is 2.16. The summed E-state index contributed by atoms with van der Waals surface area (Å²) in [5.41, 5.74) is 5.81. The molecular formula is C26H27N3O2S2. The van der Waals surface area contributed by atoms with Crippen LogP contribution in [-0.2, 0) is 18.3 Å². The highest BCUT2D eigenvalue weighted by molar-refractivity contribution is 7.99. The number of nitrogens with zero attached hydrogens (tertiary/aromatic N) is 2. The van der Waals surface area contributed by atoms with Gasteiger partial charge < -0.3 is 5.32 Å². The monoisotopic (exact) mass is 477 g/mol. The predicted molar refractivity (Wildman–Crippen MR) is 139 cm³/mol. The number of hydrogen-bond acceptors (Lipinski definition) is 5. The molecule has 0 radical (unpaired) electrons. The molecule has 0 saturated carbocycles. The third-order valence-corrected chi connectivity index (χ3v) is 7.50. The molecule has 1 N–H and O–H groups in total. The van der Waals surface area contributed by atoms with Crippen LogP contribution in [0.25, 0.3) is 21.3 Å². The molecule has 170 valence electrons. The van der Waals surface area contributed by atoms with Crippen molar-refractivity contribution >= 4 is 44.9 Å². The maximum absolute atomic E-state index is 12.9. The Morgan fingerprint density at radius 3 is 2.55 bits per heavy atom. The molecule has 0 aliphatic heterocycles. The second-order valence-corrected chi connectivity index (χ2v) is 9.91. The first kappa shape index (κ1) is 23.3.